The standard InChI is InChI=1S/C21H23N3O2/c25-20-15-23(21(26)22-20)14-17-8-10-18(11-9-17)24-12-4-7-19(24)13-16-5-2-1-3-6-16/h1-3,5-6,8-11,19H,4,7,12-15H2,(H,22,25,26)/t19-/m0/s1. The molecule has 4 rings (SSSR count). The Morgan fingerprint density at radius 1 is 0.962 bits per heavy atom. The zero-order valence-electron chi connectivity index (χ0n) is 14.7. The van der Waals surface area contributed by atoms with Crippen molar-refractivity contribution in [3.8, 4) is 0 Å². The molecule has 3 amide bonds. The molecule has 134 valence electrons. The predicted molar refractivity (Wildman–Crippen MR) is 101 cm³/mol. The van der Waals surface area contributed by atoms with Crippen molar-refractivity contribution in [2.45, 2.75) is 31.8 Å². The van der Waals surface area contributed by atoms with E-state index in [0.717, 1.165) is 18.5 Å². The molecule has 0 spiro atoms. The molecule has 2 aromatic rings. The van der Waals surface area contributed by atoms with E-state index in [1.54, 1.807) is 0 Å². The van der Waals surface area contributed by atoms with Crippen molar-refractivity contribution in [1.29, 1.82) is 0 Å². The third kappa shape index (κ3) is 3.57. The van der Waals surface area contributed by atoms with Crippen molar-refractivity contribution in [2.75, 3.05) is 18.0 Å². The molecule has 5 heteroatoms. The van der Waals surface area contributed by atoms with Crippen LogP contribution in [0.15, 0.2) is 54.6 Å². The Morgan fingerprint density at radius 3 is 2.42 bits per heavy atom. The van der Waals surface area contributed by atoms with Crippen LogP contribution in [0.5, 0.6) is 0 Å². The number of urea groups is 1. The van der Waals surface area contributed by atoms with Crippen molar-refractivity contribution < 1.29 is 9.59 Å². The Kier molecular flexibility index (Phi) is 4.61. The summed E-state index contributed by atoms with van der Waals surface area (Å²) in [7, 11) is 0. The third-order valence-corrected chi connectivity index (χ3v) is 5.20. The molecule has 1 N–H and O–H groups in total. The van der Waals surface area contributed by atoms with Crippen LogP contribution in [0.1, 0.15) is 24.0 Å². The van der Waals surface area contributed by atoms with E-state index in [9.17, 15) is 9.59 Å². The number of carbonyl (C=O) groups is 2. The van der Waals surface area contributed by atoms with Gasteiger partial charge < -0.3 is 9.80 Å². The number of hydrogen-bond donors (Lipinski definition) is 1. The van der Waals surface area contributed by atoms with Crippen molar-refractivity contribution in [3.63, 3.8) is 0 Å². The Hall–Kier alpha value is -2.82. The van der Waals surface area contributed by atoms with Crippen molar-refractivity contribution in [3.05, 3.63) is 65.7 Å². The van der Waals surface area contributed by atoms with E-state index < -0.39 is 0 Å². The first-order chi connectivity index (χ1) is 12.7. The second-order valence-electron chi connectivity index (χ2n) is 7.06. The monoisotopic (exact) mass is 349 g/mol. The average Bonchev–Trinajstić information content (AvgIpc) is 3.23. The summed E-state index contributed by atoms with van der Waals surface area (Å²) >= 11 is 0. The lowest BCUT2D eigenvalue weighted by atomic mass is 10.0. The average molecular weight is 349 g/mol. The first-order valence-corrected chi connectivity index (χ1v) is 9.17. The first kappa shape index (κ1) is 16.6. The number of anilines is 1. The van der Waals surface area contributed by atoms with Gasteiger partial charge in [-0.15, -0.1) is 0 Å². The summed E-state index contributed by atoms with van der Waals surface area (Å²) in [6, 6.07) is 19.3. The lowest BCUT2D eigenvalue weighted by Crippen LogP contribution is -2.31. The fourth-order valence-electron chi connectivity index (χ4n) is 3.90. The van der Waals surface area contributed by atoms with Gasteiger partial charge in [-0.2, -0.15) is 0 Å². The lowest BCUT2D eigenvalue weighted by molar-refractivity contribution is -0.118. The minimum atomic E-state index is -0.304. The van der Waals surface area contributed by atoms with E-state index in [0.29, 0.717) is 12.6 Å². The van der Waals surface area contributed by atoms with Gasteiger partial charge >= 0.3 is 6.03 Å². The second kappa shape index (κ2) is 7.20. The summed E-state index contributed by atoms with van der Waals surface area (Å²) in [4.78, 5) is 27.0. The molecule has 26 heavy (non-hydrogen) atoms. The van der Waals surface area contributed by atoms with Crippen LogP contribution >= 0.6 is 0 Å². The van der Waals surface area contributed by atoms with Gasteiger partial charge in [-0.25, -0.2) is 4.79 Å². The number of hydrogen-bond acceptors (Lipinski definition) is 3. The molecular weight excluding hydrogens is 326 g/mol. The molecule has 0 radical (unpaired) electrons. The van der Waals surface area contributed by atoms with Gasteiger partial charge in [0.05, 0.1) is 0 Å². The van der Waals surface area contributed by atoms with E-state index >= 15 is 0 Å². The van der Waals surface area contributed by atoms with Crippen LogP contribution in [-0.2, 0) is 17.8 Å². The van der Waals surface area contributed by atoms with Gasteiger partial charge in [0.25, 0.3) is 0 Å². The van der Waals surface area contributed by atoms with E-state index in [-0.39, 0.29) is 18.5 Å². The molecular formula is C21H23N3O2. The molecule has 0 bridgehead atoms. The highest BCUT2D eigenvalue weighted by atomic mass is 16.2. The van der Waals surface area contributed by atoms with E-state index in [2.05, 4.69) is 64.8 Å². The third-order valence-electron chi connectivity index (χ3n) is 5.20. The fourth-order valence-corrected chi connectivity index (χ4v) is 3.90. The Balaban J connectivity index is 1.42. The number of benzene rings is 2. The van der Waals surface area contributed by atoms with Crippen LogP contribution in [0.4, 0.5) is 10.5 Å². The largest absolute Gasteiger partial charge is 0.368 e. The maximum Gasteiger partial charge on any atom is 0.324 e. The summed E-state index contributed by atoms with van der Waals surface area (Å²) in [6.45, 7) is 1.69. The first-order valence-electron chi connectivity index (χ1n) is 9.17. The summed E-state index contributed by atoms with van der Waals surface area (Å²) in [6.07, 6.45) is 3.50. The molecule has 2 aliphatic heterocycles. The highest BCUT2D eigenvalue weighted by Gasteiger charge is 2.27. The van der Waals surface area contributed by atoms with Gasteiger partial charge in [0.15, 0.2) is 0 Å². The Bertz CT molecular complexity index is 789. The number of amides is 3. The summed E-state index contributed by atoms with van der Waals surface area (Å²) in [5.41, 5.74) is 3.65. The maximum atomic E-state index is 11.7. The summed E-state index contributed by atoms with van der Waals surface area (Å²) in [5, 5.41) is 2.31. The number of nitrogens with one attached hydrogen (secondary N) is 1. The van der Waals surface area contributed by atoms with Crippen molar-refractivity contribution in [1.82, 2.24) is 10.2 Å². The lowest BCUT2D eigenvalue weighted by Gasteiger charge is -2.27. The Morgan fingerprint density at radius 2 is 1.73 bits per heavy atom. The van der Waals surface area contributed by atoms with Crippen LogP contribution in [0.3, 0.4) is 0 Å². The summed E-state index contributed by atoms with van der Waals surface area (Å²) < 4.78 is 0. The molecule has 0 unspecified atom stereocenters. The van der Waals surface area contributed by atoms with Crippen molar-refractivity contribution in [2.24, 2.45) is 0 Å². The zero-order chi connectivity index (χ0) is 17.9. The van der Waals surface area contributed by atoms with Crippen LogP contribution < -0.4 is 10.2 Å². The topological polar surface area (TPSA) is 52.7 Å². The van der Waals surface area contributed by atoms with Crippen LogP contribution in [0.25, 0.3) is 0 Å². The van der Waals surface area contributed by atoms with Gasteiger partial charge in [-0.1, -0.05) is 42.5 Å². The number of imide groups is 1. The van der Waals surface area contributed by atoms with Gasteiger partial charge in [-0.05, 0) is 42.5 Å². The smallest absolute Gasteiger partial charge is 0.324 e. The maximum absolute atomic E-state index is 11.7. The predicted octanol–water partition coefficient (Wildman–Crippen LogP) is 2.95. The minimum Gasteiger partial charge on any atom is -0.368 e. The molecule has 2 saturated heterocycles. The normalized spacial score (nSPS) is 19.9. The molecule has 2 heterocycles. The molecule has 2 aromatic carbocycles. The highest BCUT2D eigenvalue weighted by Crippen LogP contribution is 2.28. The molecule has 0 aromatic heterocycles. The molecule has 5 nitrogen and oxygen atoms in total. The van der Waals surface area contributed by atoms with Crippen LogP contribution in [-0.4, -0.2) is 36.0 Å². The molecule has 2 aliphatic rings. The van der Waals surface area contributed by atoms with Crippen molar-refractivity contribution >= 4 is 17.6 Å². The summed E-state index contributed by atoms with van der Waals surface area (Å²) in [5.74, 6) is -0.229. The molecule has 0 aliphatic carbocycles. The van der Waals surface area contributed by atoms with Gasteiger partial charge in [-0.3, -0.25) is 10.1 Å². The Labute approximate surface area is 153 Å². The van der Waals surface area contributed by atoms with E-state index in [1.807, 2.05) is 0 Å². The van der Waals surface area contributed by atoms with E-state index in [1.165, 1.54) is 29.0 Å². The minimum absolute atomic E-state index is 0.145. The van der Waals surface area contributed by atoms with Gasteiger partial charge in [0.1, 0.15) is 6.54 Å². The fraction of sp³-hybridized carbons (Fsp3) is 0.333. The second-order valence-corrected chi connectivity index (χ2v) is 7.06. The zero-order valence-corrected chi connectivity index (χ0v) is 14.7. The SMILES string of the molecule is O=C1CN(Cc2ccc(N3CCC[C@H]3Cc3ccccc3)cc2)C(=O)N1. The molecule has 0 saturated carbocycles. The van der Waals surface area contributed by atoms with Crippen LogP contribution in [0.2, 0.25) is 0 Å². The van der Waals surface area contributed by atoms with E-state index in [4.69, 9.17) is 0 Å². The van der Waals surface area contributed by atoms with Gasteiger partial charge in [0, 0.05) is 24.8 Å². The number of nitrogens with zero attached hydrogens (tertiary/aromatic N) is 2. The number of rotatable bonds is 5. The molecule has 1 atom stereocenters. The highest BCUT2D eigenvalue weighted by molar-refractivity contribution is 6.01. The number of carbonyl (C=O) groups excluding carboxylic acids is 2. The molecule has 2 fully saturated rings. The van der Waals surface area contributed by atoms with Gasteiger partial charge in [0.2, 0.25) is 5.91 Å². The quantitative estimate of drug-likeness (QED) is 0.845. The van der Waals surface area contributed by atoms with Crippen LogP contribution in [0, 0.1) is 0 Å².